The number of fused-ring (bicyclic) bond motifs is 5. The van der Waals surface area contributed by atoms with Crippen molar-refractivity contribution in [1.29, 1.82) is 0 Å². The molecular weight excluding hydrogens is 459 g/mol. The third-order valence-corrected chi connectivity index (χ3v) is 6.95. The number of hydrogen-bond donors (Lipinski definition) is 0. The number of hydrogen-bond acceptors (Lipinski definition) is 1. The monoisotopic (exact) mass is 477 g/mol. The van der Waals surface area contributed by atoms with Gasteiger partial charge in [-0.1, -0.05) is 42.5 Å². The molecule has 0 aliphatic carbocycles. The first kappa shape index (κ1) is 19.7. The Kier molecular flexibility index (Phi) is 5.10. The van der Waals surface area contributed by atoms with Gasteiger partial charge in [0.15, 0.2) is 0 Å². The van der Waals surface area contributed by atoms with E-state index in [9.17, 15) is 0 Å². The van der Waals surface area contributed by atoms with E-state index in [-0.39, 0.29) is 32.7 Å². The SMILES string of the molecule is Cn1c2ccccc2c2cc(-c3ccc(-c4cc[c-]cc4)s3)c3ccccc3c21.[Y]. The topological polar surface area (TPSA) is 4.93 Å². The second kappa shape index (κ2) is 7.78. The van der Waals surface area contributed by atoms with Crippen molar-refractivity contribution in [3.05, 3.63) is 97.1 Å². The Labute approximate surface area is 204 Å². The Bertz CT molecular complexity index is 1510. The molecule has 0 spiro atoms. The van der Waals surface area contributed by atoms with Gasteiger partial charge in [0.25, 0.3) is 0 Å². The second-order valence-electron chi connectivity index (χ2n) is 7.39. The van der Waals surface area contributed by atoms with Crippen molar-refractivity contribution < 1.29 is 32.7 Å². The van der Waals surface area contributed by atoms with Crippen LogP contribution in [0.25, 0.3) is 53.5 Å². The molecule has 1 radical (unpaired) electrons. The van der Waals surface area contributed by atoms with Gasteiger partial charge in [-0.2, -0.15) is 30.3 Å². The Hall–Kier alpha value is -2.26. The van der Waals surface area contributed by atoms with Gasteiger partial charge >= 0.3 is 0 Å². The van der Waals surface area contributed by atoms with Crippen LogP contribution in [0.5, 0.6) is 0 Å². The van der Waals surface area contributed by atoms with E-state index in [1.54, 1.807) is 0 Å². The summed E-state index contributed by atoms with van der Waals surface area (Å²) in [6.45, 7) is 0. The molecule has 0 fully saturated rings. The molecule has 141 valence electrons. The molecule has 30 heavy (non-hydrogen) atoms. The predicted octanol–water partition coefficient (Wildman–Crippen LogP) is 7.68. The summed E-state index contributed by atoms with van der Waals surface area (Å²) < 4.78 is 2.33. The third-order valence-electron chi connectivity index (χ3n) is 5.78. The van der Waals surface area contributed by atoms with E-state index in [0.29, 0.717) is 0 Å². The Morgan fingerprint density at radius 1 is 0.700 bits per heavy atom. The van der Waals surface area contributed by atoms with Gasteiger partial charge in [0, 0.05) is 76.7 Å². The first-order valence-electron chi connectivity index (χ1n) is 9.77. The summed E-state index contributed by atoms with van der Waals surface area (Å²) >= 11 is 1.85. The van der Waals surface area contributed by atoms with Gasteiger partial charge in [0.1, 0.15) is 0 Å². The first-order chi connectivity index (χ1) is 14.3. The fraction of sp³-hybridized carbons (Fsp3) is 0.0370. The molecule has 1 nitrogen and oxygen atoms in total. The number of nitrogens with zero attached hydrogens (tertiary/aromatic N) is 1. The van der Waals surface area contributed by atoms with Crippen molar-refractivity contribution in [3.8, 4) is 20.9 Å². The van der Waals surface area contributed by atoms with Crippen LogP contribution in [0.15, 0.2) is 91.0 Å². The molecule has 2 aromatic heterocycles. The number of rotatable bonds is 2. The van der Waals surface area contributed by atoms with Crippen LogP contribution in [-0.4, -0.2) is 4.57 Å². The maximum Gasteiger partial charge on any atom is 0.0568 e. The summed E-state index contributed by atoms with van der Waals surface area (Å²) in [5.74, 6) is 0. The maximum absolute atomic E-state index is 3.11. The molecule has 0 unspecified atom stereocenters. The number of benzene rings is 4. The molecule has 6 aromatic rings. The van der Waals surface area contributed by atoms with Gasteiger partial charge in [-0.05, 0) is 29.7 Å². The van der Waals surface area contributed by atoms with Crippen LogP contribution in [0.1, 0.15) is 0 Å². The summed E-state index contributed by atoms with van der Waals surface area (Å²) in [6.07, 6.45) is 0. The number of para-hydroxylation sites is 1. The normalized spacial score (nSPS) is 11.2. The van der Waals surface area contributed by atoms with E-state index in [1.165, 1.54) is 53.5 Å². The van der Waals surface area contributed by atoms with E-state index in [4.69, 9.17) is 0 Å². The second-order valence-corrected chi connectivity index (χ2v) is 8.48. The molecule has 0 N–H and O–H groups in total. The van der Waals surface area contributed by atoms with Crippen molar-refractivity contribution in [2.75, 3.05) is 0 Å². The van der Waals surface area contributed by atoms with Crippen LogP contribution in [0.4, 0.5) is 0 Å². The quantitative estimate of drug-likeness (QED) is 0.226. The molecule has 0 bridgehead atoms. The summed E-state index contributed by atoms with van der Waals surface area (Å²) in [7, 11) is 2.17. The molecule has 0 saturated heterocycles. The smallest absolute Gasteiger partial charge is 0.0568 e. The summed E-state index contributed by atoms with van der Waals surface area (Å²) in [5.41, 5.74) is 5.14. The number of thiophene rings is 1. The van der Waals surface area contributed by atoms with Crippen molar-refractivity contribution in [3.63, 3.8) is 0 Å². The van der Waals surface area contributed by atoms with Crippen LogP contribution in [0.3, 0.4) is 0 Å². The number of aryl methyl sites for hydroxylation is 1. The Morgan fingerprint density at radius 3 is 2.17 bits per heavy atom. The van der Waals surface area contributed by atoms with Gasteiger partial charge < -0.3 is 4.57 Å². The van der Waals surface area contributed by atoms with Crippen molar-refractivity contribution in [2.45, 2.75) is 0 Å². The van der Waals surface area contributed by atoms with Crippen LogP contribution in [0.2, 0.25) is 0 Å². The molecule has 0 atom stereocenters. The summed E-state index contributed by atoms with van der Waals surface area (Å²) in [5, 5.41) is 5.25. The molecule has 0 saturated carbocycles. The van der Waals surface area contributed by atoms with Crippen molar-refractivity contribution >= 4 is 43.9 Å². The van der Waals surface area contributed by atoms with Crippen LogP contribution in [-0.2, 0) is 39.8 Å². The zero-order valence-corrected chi connectivity index (χ0v) is 20.2. The van der Waals surface area contributed by atoms with E-state index in [1.807, 2.05) is 23.5 Å². The molecule has 0 amide bonds. The standard InChI is InChI=1S/C27H18NS.Y/c1-28-24-14-8-7-12-20(24)23-17-22(19-11-5-6-13-21(19)27(23)28)26-16-15-25(29-26)18-9-3-2-4-10-18;/h3-17H,1H3;/q-1;. The zero-order valence-electron chi connectivity index (χ0n) is 16.6. The third kappa shape index (κ3) is 2.98. The van der Waals surface area contributed by atoms with Crippen molar-refractivity contribution in [2.24, 2.45) is 7.05 Å². The molecule has 0 aliphatic heterocycles. The minimum atomic E-state index is 0. The summed E-state index contributed by atoms with van der Waals surface area (Å²) in [4.78, 5) is 2.59. The fourth-order valence-electron chi connectivity index (χ4n) is 4.43. The molecule has 6 rings (SSSR count). The van der Waals surface area contributed by atoms with Crippen LogP contribution < -0.4 is 0 Å². The van der Waals surface area contributed by atoms with Gasteiger partial charge in [0.05, 0.1) is 5.52 Å². The molecule has 3 heteroatoms. The van der Waals surface area contributed by atoms with Crippen LogP contribution >= 0.6 is 11.3 Å². The minimum Gasteiger partial charge on any atom is -0.343 e. The largest absolute Gasteiger partial charge is 0.343 e. The molecule has 4 aromatic carbocycles. The van der Waals surface area contributed by atoms with Crippen LogP contribution in [0, 0.1) is 6.07 Å². The van der Waals surface area contributed by atoms with E-state index < -0.39 is 0 Å². The number of aromatic nitrogens is 1. The molecular formula is C27H18NSY-. The van der Waals surface area contributed by atoms with E-state index in [0.717, 1.165) is 0 Å². The predicted molar refractivity (Wildman–Crippen MR) is 126 cm³/mol. The molecule has 0 aliphatic rings. The minimum absolute atomic E-state index is 0. The van der Waals surface area contributed by atoms with E-state index >= 15 is 0 Å². The van der Waals surface area contributed by atoms with Gasteiger partial charge in [-0.15, -0.1) is 16.9 Å². The van der Waals surface area contributed by atoms with Gasteiger partial charge in [0.2, 0.25) is 0 Å². The average molecular weight is 477 g/mol. The molecule has 2 heterocycles. The van der Waals surface area contributed by atoms with E-state index in [2.05, 4.69) is 96.5 Å². The summed E-state index contributed by atoms with van der Waals surface area (Å²) in [6, 6.07) is 35.7. The Morgan fingerprint density at radius 2 is 1.37 bits per heavy atom. The van der Waals surface area contributed by atoms with Gasteiger partial charge in [-0.25, -0.2) is 0 Å². The first-order valence-corrected chi connectivity index (χ1v) is 10.6. The van der Waals surface area contributed by atoms with Crippen molar-refractivity contribution in [1.82, 2.24) is 4.57 Å². The zero-order chi connectivity index (χ0) is 19.4. The fourth-order valence-corrected chi connectivity index (χ4v) is 5.48. The Balaban J connectivity index is 0.00000193. The average Bonchev–Trinajstić information content (AvgIpc) is 3.38. The maximum atomic E-state index is 3.11. The van der Waals surface area contributed by atoms with Gasteiger partial charge in [-0.3, -0.25) is 0 Å².